The van der Waals surface area contributed by atoms with Crippen LogP contribution in [0.1, 0.15) is 27.7 Å². The molecule has 3 rings (SSSR count). The highest BCUT2D eigenvalue weighted by molar-refractivity contribution is 7.10. The third-order valence-electron chi connectivity index (χ3n) is 3.74. The molecule has 2 aromatic rings. The van der Waals surface area contributed by atoms with Crippen molar-refractivity contribution in [2.24, 2.45) is 0 Å². The van der Waals surface area contributed by atoms with Crippen molar-refractivity contribution in [2.75, 3.05) is 13.1 Å². The number of thiophene rings is 1. The van der Waals surface area contributed by atoms with Crippen molar-refractivity contribution in [1.29, 1.82) is 5.26 Å². The molecule has 1 aliphatic heterocycles. The van der Waals surface area contributed by atoms with Crippen LogP contribution in [0.4, 0.5) is 0 Å². The first-order valence-electron chi connectivity index (χ1n) is 6.72. The predicted octanol–water partition coefficient (Wildman–Crippen LogP) is 2.71. The molecule has 1 unspecified atom stereocenters. The summed E-state index contributed by atoms with van der Waals surface area (Å²) in [5.41, 5.74) is 2.90. The Hall–Kier alpha value is -1.67. The molecule has 0 saturated carbocycles. The molecule has 1 N–H and O–H groups in total. The van der Waals surface area contributed by atoms with E-state index in [1.807, 2.05) is 23.5 Å². The van der Waals surface area contributed by atoms with Crippen LogP contribution in [0.3, 0.4) is 0 Å². The maximum Gasteiger partial charge on any atom is 0.0991 e. The third kappa shape index (κ3) is 2.75. The average Bonchev–Trinajstić information content (AvgIpc) is 2.95. The topological polar surface area (TPSA) is 47.3 Å². The Morgan fingerprint density at radius 2 is 2.10 bits per heavy atom. The first kappa shape index (κ1) is 13.3. The SMILES string of the molecule is N#Cc1ccc(C(O)CN2CCc3sccc3C2)cc1. The molecule has 4 heteroatoms. The van der Waals surface area contributed by atoms with Gasteiger partial charge in [0.1, 0.15) is 0 Å². The highest BCUT2D eigenvalue weighted by atomic mass is 32.1. The standard InChI is InChI=1S/C16H16N2OS/c17-9-12-1-3-13(4-2-12)15(19)11-18-7-5-16-14(10-18)6-8-20-16/h1-4,6,8,15,19H,5,7,10-11H2. The van der Waals surface area contributed by atoms with Gasteiger partial charge in [0, 0.05) is 24.5 Å². The first-order chi connectivity index (χ1) is 9.76. The Labute approximate surface area is 122 Å². The Balaban J connectivity index is 1.64. The van der Waals surface area contributed by atoms with E-state index >= 15 is 0 Å². The van der Waals surface area contributed by atoms with Gasteiger partial charge in [-0.2, -0.15) is 5.26 Å². The quantitative estimate of drug-likeness (QED) is 0.942. The summed E-state index contributed by atoms with van der Waals surface area (Å²) in [7, 11) is 0. The number of rotatable bonds is 3. The van der Waals surface area contributed by atoms with E-state index in [-0.39, 0.29) is 0 Å². The molecule has 1 atom stereocenters. The number of nitriles is 1. The van der Waals surface area contributed by atoms with E-state index < -0.39 is 6.10 Å². The lowest BCUT2D eigenvalue weighted by atomic mass is 10.0. The van der Waals surface area contributed by atoms with Gasteiger partial charge in [-0.25, -0.2) is 0 Å². The summed E-state index contributed by atoms with van der Waals surface area (Å²) in [6.07, 6.45) is 0.579. The number of nitrogens with zero attached hydrogens (tertiary/aromatic N) is 2. The van der Waals surface area contributed by atoms with Crippen LogP contribution in [0, 0.1) is 11.3 Å². The summed E-state index contributed by atoms with van der Waals surface area (Å²) in [6, 6.07) is 11.5. The number of hydrogen-bond donors (Lipinski definition) is 1. The van der Waals surface area contributed by atoms with Gasteiger partial charge in [0.25, 0.3) is 0 Å². The molecule has 0 radical (unpaired) electrons. The summed E-state index contributed by atoms with van der Waals surface area (Å²) in [5.74, 6) is 0. The van der Waals surface area contributed by atoms with Crippen molar-refractivity contribution >= 4 is 11.3 Å². The van der Waals surface area contributed by atoms with Gasteiger partial charge in [-0.05, 0) is 41.1 Å². The van der Waals surface area contributed by atoms with Gasteiger partial charge in [-0.1, -0.05) is 12.1 Å². The molecular weight excluding hydrogens is 268 g/mol. The van der Waals surface area contributed by atoms with Gasteiger partial charge in [0.15, 0.2) is 0 Å². The van der Waals surface area contributed by atoms with Crippen LogP contribution in [0.5, 0.6) is 0 Å². The lowest BCUT2D eigenvalue weighted by Gasteiger charge is -2.28. The van der Waals surface area contributed by atoms with Gasteiger partial charge in [-0.15, -0.1) is 11.3 Å². The fourth-order valence-electron chi connectivity index (χ4n) is 2.59. The maximum absolute atomic E-state index is 10.3. The molecule has 1 aliphatic rings. The maximum atomic E-state index is 10.3. The Bertz CT molecular complexity index is 627. The van der Waals surface area contributed by atoms with Crippen molar-refractivity contribution in [3.8, 4) is 6.07 Å². The van der Waals surface area contributed by atoms with Crippen LogP contribution in [0.25, 0.3) is 0 Å². The van der Waals surface area contributed by atoms with E-state index in [0.29, 0.717) is 12.1 Å². The molecule has 0 saturated heterocycles. The summed E-state index contributed by atoms with van der Waals surface area (Å²) in [4.78, 5) is 3.77. The first-order valence-corrected chi connectivity index (χ1v) is 7.60. The minimum absolute atomic E-state index is 0.497. The van der Waals surface area contributed by atoms with E-state index in [9.17, 15) is 5.11 Å². The van der Waals surface area contributed by atoms with Gasteiger partial charge >= 0.3 is 0 Å². The highest BCUT2D eigenvalue weighted by Crippen LogP contribution is 2.25. The van der Waals surface area contributed by atoms with E-state index in [4.69, 9.17) is 5.26 Å². The summed E-state index contributed by atoms with van der Waals surface area (Å²) in [5, 5.41) is 21.2. The molecule has 2 heterocycles. The van der Waals surface area contributed by atoms with Crippen LogP contribution >= 0.6 is 11.3 Å². The lowest BCUT2D eigenvalue weighted by molar-refractivity contribution is 0.106. The number of fused-ring (bicyclic) bond motifs is 1. The zero-order valence-electron chi connectivity index (χ0n) is 11.1. The van der Waals surface area contributed by atoms with Crippen molar-refractivity contribution in [1.82, 2.24) is 4.90 Å². The molecule has 0 aliphatic carbocycles. The predicted molar refractivity (Wildman–Crippen MR) is 79.4 cm³/mol. The fourth-order valence-corrected chi connectivity index (χ4v) is 3.48. The van der Waals surface area contributed by atoms with Crippen LogP contribution in [0.2, 0.25) is 0 Å². The third-order valence-corrected chi connectivity index (χ3v) is 4.77. The molecule has 0 amide bonds. The summed E-state index contributed by atoms with van der Waals surface area (Å²) < 4.78 is 0. The van der Waals surface area contributed by atoms with Gasteiger partial charge in [0.2, 0.25) is 0 Å². The van der Waals surface area contributed by atoms with Crippen LogP contribution < -0.4 is 0 Å². The second-order valence-electron chi connectivity index (χ2n) is 5.10. The van der Waals surface area contributed by atoms with E-state index in [2.05, 4.69) is 22.4 Å². The van der Waals surface area contributed by atoms with Crippen molar-refractivity contribution < 1.29 is 5.11 Å². The largest absolute Gasteiger partial charge is 0.387 e. The molecule has 0 spiro atoms. The van der Waals surface area contributed by atoms with E-state index in [1.165, 1.54) is 10.4 Å². The van der Waals surface area contributed by atoms with Crippen molar-refractivity contribution in [2.45, 2.75) is 19.1 Å². The van der Waals surface area contributed by atoms with Crippen LogP contribution in [-0.4, -0.2) is 23.1 Å². The second kappa shape index (κ2) is 5.76. The smallest absolute Gasteiger partial charge is 0.0991 e. The molecule has 0 bridgehead atoms. The van der Waals surface area contributed by atoms with Crippen molar-refractivity contribution in [3.63, 3.8) is 0 Å². The van der Waals surface area contributed by atoms with Gasteiger partial charge < -0.3 is 5.11 Å². The van der Waals surface area contributed by atoms with Crippen molar-refractivity contribution in [3.05, 3.63) is 57.3 Å². The van der Waals surface area contributed by atoms with E-state index in [0.717, 1.165) is 25.1 Å². The Morgan fingerprint density at radius 3 is 2.85 bits per heavy atom. The number of aliphatic hydroxyl groups is 1. The molecule has 1 aromatic heterocycles. The van der Waals surface area contributed by atoms with E-state index in [1.54, 1.807) is 12.1 Å². The van der Waals surface area contributed by atoms with Crippen LogP contribution in [0.15, 0.2) is 35.7 Å². The average molecular weight is 284 g/mol. The minimum Gasteiger partial charge on any atom is -0.387 e. The normalized spacial score (nSPS) is 16.4. The number of aliphatic hydroxyl groups excluding tert-OH is 1. The number of benzene rings is 1. The molecule has 0 fully saturated rings. The highest BCUT2D eigenvalue weighted by Gasteiger charge is 2.20. The van der Waals surface area contributed by atoms with Gasteiger partial charge in [-0.3, -0.25) is 4.90 Å². The van der Waals surface area contributed by atoms with Crippen LogP contribution in [-0.2, 0) is 13.0 Å². The molecule has 3 nitrogen and oxygen atoms in total. The number of β-amino-alcohol motifs (C(OH)–C–C–N with tert-alkyl or cyclic N) is 1. The fraction of sp³-hybridized carbons (Fsp3) is 0.312. The second-order valence-corrected chi connectivity index (χ2v) is 6.10. The molecular formula is C16H16N2OS. The van der Waals surface area contributed by atoms with Gasteiger partial charge in [0.05, 0.1) is 17.7 Å². The lowest BCUT2D eigenvalue weighted by Crippen LogP contribution is -2.33. The monoisotopic (exact) mass is 284 g/mol. The zero-order chi connectivity index (χ0) is 13.9. The Kier molecular flexibility index (Phi) is 3.83. The summed E-state index contributed by atoms with van der Waals surface area (Å²) >= 11 is 1.83. The Morgan fingerprint density at radius 1 is 1.30 bits per heavy atom. The minimum atomic E-state index is -0.497. The molecule has 1 aromatic carbocycles. The molecule has 102 valence electrons. The zero-order valence-corrected chi connectivity index (χ0v) is 11.9. The molecule has 20 heavy (non-hydrogen) atoms. The number of hydrogen-bond acceptors (Lipinski definition) is 4. The summed E-state index contributed by atoms with van der Waals surface area (Å²) in [6.45, 7) is 2.56.